The van der Waals surface area contributed by atoms with E-state index in [0.717, 1.165) is 28.3 Å². The van der Waals surface area contributed by atoms with E-state index in [0.29, 0.717) is 18.4 Å². The molecule has 6 heteroatoms. The molecule has 2 aromatic heterocycles. The monoisotopic (exact) mass is 415 g/mol. The molecule has 4 rings (SSSR count). The van der Waals surface area contributed by atoms with Gasteiger partial charge in [-0.15, -0.1) is 5.10 Å². The van der Waals surface area contributed by atoms with Gasteiger partial charge in [-0.25, -0.2) is 9.67 Å². The zero-order valence-corrected chi connectivity index (χ0v) is 17.9. The number of hydrogen-bond acceptors (Lipinski definition) is 5. The average Bonchev–Trinajstić information content (AvgIpc) is 3.22. The van der Waals surface area contributed by atoms with Crippen molar-refractivity contribution in [3.05, 3.63) is 84.6 Å². The van der Waals surface area contributed by atoms with Crippen molar-refractivity contribution in [1.29, 1.82) is 0 Å². The summed E-state index contributed by atoms with van der Waals surface area (Å²) in [6.45, 7) is 4.49. The fourth-order valence-corrected chi connectivity index (χ4v) is 3.14. The molecule has 0 saturated carbocycles. The minimum atomic E-state index is 0.0268. The van der Waals surface area contributed by atoms with Crippen LogP contribution >= 0.6 is 0 Å². The van der Waals surface area contributed by atoms with Crippen molar-refractivity contribution in [2.75, 3.05) is 7.11 Å². The number of methoxy groups -OCH3 is 1. The van der Waals surface area contributed by atoms with Gasteiger partial charge >= 0.3 is 0 Å². The molecular weight excluding hydrogens is 390 g/mol. The van der Waals surface area contributed by atoms with Crippen molar-refractivity contribution in [3.8, 4) is 34.5 Å². The molecule has 0 bridgehead atoms. The summed E-state index contributed by atoms with van der Waals surface area (Å²) in [7, 11) is 1.59. The maximum Gasteiger partial charge on any atom is 0.234 e. The van der Waals surface area contributed by atoms with Crippen LogP contribution in [0.3, 0.4) is 0 Å². The summed E-state index contributed by atoms with van der Waals surface area (Å²) < 4.78 is 18.7. The van der Waals surface area contributed by atoms with Crippen LogP contribution in [0.2, 0.25) is 0 Å². The van der Waals surface area contributed by atoms with Crippen molar-refractivity contribution in [1.82, 2.24) is 14.8 Å². The molecule has 31 heavy (non-hydrogen) atoms. The van der Waals surface area contributed by atoms with Crippen LogP contribution in [0.5, 0.6) is 17.5 Å². The lowest BCUT2D eigenvalue weighted by Crippen LogP contribution is -2.06. The first-order valence-electron chi connectivity index (χ1n) is 10.2. The molecule has 0 unspecified atom stereocenters. The quantitative estimate of drug-likeness (QED) is 0.390. The fourth-order valence-electron chi connectivity index (χ4n) is 3.14. The van der Waals surface area contributed by atoms with Gasteiger partial charge in [0.2, 0.25) is 11.8 Å². The Hall–Kier alpha value is -3.80. The molecule has 6 nitrogen and oxygen atoms in total. The lowest BCUT2D eigenvalue weighted by atomic mass is 10.1. The van der Waals surface area contributed by atoms with Gasteiger partial charge in [-0.1, -0.05) is 30.3 Å². The van der Waals surface area contributed by atoms with Gasteiger partial charge in [0.25, 0.3) is 0 Å². The molecule has 0 spiro atoms. The van der Waals surface area contributed by atoms with Crippen LogP contribution in [0, 0.1) is 0 Å². The maximum absolute atomic E-state index is 5.91. The zero-order chi connectivity index (χ0) is 21.6. The number of rotatable bonds is 8. The van der Waals surface area contributed by atoms with Gasteiger partial charge < -0.3 is 14.2 Å². The minimum absolute atomic E-state index is 0.0268. The molecule has 0 saturated heterocycles. The second kappa shape index (κ2) is 9.34. The van der Waals surface area contributed by atoms with Crippen LogP contribution in [-0.2, 0) is 6.61 Å². The van der Waals surface area contributed by atoms with Crippen molar-refractivity contribution < 1.29 is 14.2 Å². The molecule has 0 aliphatic rings. The fraction of sp³-hybridized carbons (Fsp3) is 0.200. The minimum Gasteiger partial charge on any atom is -0.489 e. The van der Waals surface area contributed by atoms with Gasteiger partial charge in [0, 0.05) is 17.7 Å². The first-order valence-corrected chi connectivity index (χ1v) is 10.2. The third kappa shape index (κ3) is 5.04. The van der Waals surface area contributed by atoms with E-state index in [4.69, 9.17) is 14.2 Å². The predicted molar refractivity (Wildman–Crippen MR) is 120 cm³/mol. The van der Waals surface area contributed by atoms with Gasteiger partial charge in [-0.3, -0.25) is 0 Å². The number of benzene rings is 2. The van der Waals surface area contributed by atoms with E-state index in [9.17, 15) is 0 Å². The van der Waals surface area contributed by atoms with Crippen LogP contribution in [0.15, 0.2) is 79.0 Å². The Morgan fingerprint density at radius 3 is 2.32 bits per heavy atom. The Labute approximate surface area is 182 Å². The van der Waals surface area contributed by atoms with Gasteiger partial charge in [-0.05, 0) is 49.7 Å². The predicted octanol–water partition coefficient (Wildman–Crippen LogP) is 5.31. The van der Waals surface area contributed by atoms with E-state index in [1.165, 1.54) is 0 Å². The smallest absolute Gasteiger partial charge is 0.234 e. The van der Waals surface area contributed by atoms with E-state index in [-0.39, 0.29) is 6.10 Å². The normalized spacial score (nSPS) is 10.8. The molecule has 0 aliphatic heterocycles. The van der Waals surface area contributed by atoms with Crippen molar-refractivity contribution >= 4 is 0 Å². The molecule has 4 aromatic rings. The highest BCUT2D eigenvalue weighted by atomic mass is 16.5. The molecule has 0 N–H and O–H groups in total. The molecule has 0 amide bonds. The summed E-state index contributed by atoms with van der Waals surface area (Å²) in [5.74, 6) is 1.92. The second-order valence-electron chi connectivity index (χ2n) is 7.30. The summed E-state index contributed by atoms with van der Waals surface area (Å²) in [6.07, 6.45) is 1.75. The largest absolute Gasteiger partial charge is 0.489 e. The van der Waals surface area contributed by atoms with E-state index in [1.54, 1.807) is 13.3 Å². The van der Waals surface area contributed by atoms with Crippen LogP contribution in [-0.4, -0.2) is 28.0 Å². The molecule has 0 radical (unpaired) electrons. The molecule has 158 valence electrons. The number of hydrogen-bond donors (Lipinski definition) is 0. The van der Waals surface area contributed by atoms with Crippen LogP contribution in [0.4, 0.5) is 0 Å². The van der Waals surface area contributed by atoms with Crippen molar-refractivity contribution in [2.24, 2.45) is 0 Å². The third-order valence-electron chi connectivity index (χ3n) is 4.62. The third-order valence-corrected chi connectivity index (χ3v) is 4.62. The molecule has 0 atom stereocenters. The van der Waals surface area contributed by atoms with E-state index >= 15 is 0 Å². The standard InChI is InChI=1S/C25H25N3O3/c1-18(2)31-25-15-23(28(27-25)21-11-14-24(29-3)26-16-21)20-9-12-22(13-10-20)30-17-19-7-5-4-6-8-19/h4-16,18H,17H2,1-3H3. The van der Waals surface area contributed by atoms with E-state index in [2.05, 4.69) is 10.1 Å². The summed E-state index contributed by atoms with van der Waals surface area (Å²) in [5.41, 5.74) is 3.84. The molecule has 0 fully saturated rings. The van der Waals surface area contributed by atoms with Crippen LogP contribution in [0.1, 0.15) is 19.4 Å². The van der Waals surface area contributed by atoms with Gasteiger partial charge in [0.15, 0.2) is 0 Å². The average molecular weight is 415 g/mol. The van der Waals surface area contributed by atoms with Gasteiger partial charge in [0.1, 0.15) is 12.4 Å². The summed E-state index contributed by atoms with van der Waals surface area (Å²) in [4.78, 5) is 4.30. The second-order valence-corrected chi connectivity index (χ2v) is 7.30. The lowest BCUT2D eigenvalue weighted by molar-refractivity contribution is 0.231. The molecule has 2 aromatic carbocycles. The van der Waals surface area contributed by atoms with Crippen molar-refractivity contribution in [2.45, 2.75) is 26.6 Å². The Morgan fingerprint density at radius 2 is 1.68 bits per heavy atom. The highest BCUT2D eigenvalue weighted by Crippen LogP contribution is 2.29. The Bertz CT molecular complexity index is 1110. The van der Waals surface area contributed by atoms with Crippen LogP contribution < -0.4 is 14.2 Å². The molecular formula is C25H25N3O3. The number of ether oxygens (including phenoxy) is 3. The Kier molecular flexibility index (Phi) is 6.17. The van der Waals surface area contributed by atoms with Crippen LogP contribution in [0.25, 0.3) is 16.9 Å². The van der Waals surface area contributed by atoms with Gasteiger partial charge in [0.05, 0.1) is 30.8 Å². The molecule has 0 aliphatic carbocycles. The summed E-state index contributed by atoms with van der Waals surface area (Å²) >= 11 is 0. The Morgan fingerprint density at radius 1 is 0.903 bits per heavy atom. The SMILES string of the molecule is COc1ccc(-n2nc(OC(C)C)cc2-c2ccc(OCc3ccccc3)cc2)cn1. The highest BCUT2D eigenvalue weighted by molar-refractivity contribution is 5.64. The summed E-state index contributed by atoms with van der Waals surface area (Å²) in [6, 6.07) is 23.7. The zero-order valence-electron chi connectivity index (χ0n) is 17.9. The topological polar surface area (TPSA) is 58.4 Å². The number of pyridine rings is 1. The Balaban J connectivity index is 1.60. The number of aromatic nitrogens is 3. The van der Waals surface area contributed by atoms with E-state index in [1.807, 2.05) is 91.3 Å². The lowest BCUT2D eigenvalue weighted by Gasteiger charge is -2.09. The maximum atomic E-state index is 5.91. The van der Waals surface area contributed by atoms with Crippen molar-refractivity contribution in [3.63, 3.8) is 0 Å². The first-order chi connectivity index (χ1) is 15.1. The van der Waals surface area contributed by atoms with E-state index < -0.39 is 0 Å². The first kappa shape index (κ1) is 20.5. The highest BCUT2D eigenvalue weighted by Gasteiger charge is 2.14. The van der Waals surface area contributed by atoms with Gasteiger partial charge in [-0.2, -0.15) is 0 Å². The number of nitrogens with zero attached hydrogens (tertiary/aromatic N) is 3. The molecule has 2 heterocycles. The summed E-state index contributed by atoms with van der Waals surface area (Å²) in [5, 5.41) is 4.63.